The highest BCUT2D eigenvalue weighted by atomic mass is 32.1. The molecule has 0 atom stereocenters. The monoisotopic (exact) mass is 1300 g/mol. The van der Waals surface area contributed by atoms with Gasteiger partial charge in [-0.2, -0.15) is 0 Å². The molecule has 0 fully saturated rings. The fourth-order valence-corrected chi connectivity index (χ4v) is 20.2. The molecule has 22 rings (SSSR count). The lowest BCUT2D eigenvalue weighted by Gasteiger charge is -2.14. The molecule has 7 heterocycles. The number of para-hydroxylation sites is 3. The van der Waals surface area contributed by atoms with Gasteiger partial charge in [0.05, 0.1) is 65.9 Å². The van der Waals surface area contributed by atoms with Gasteiger partial charge in [0.1, 0.15) is 0 Å². The van der Waals surface area contributed by atoms with E-state index in [0.29, 0.717) is 0 Å². The first kappa shape index (κ1) is 54.2. The number of hydrogen-bond donors (Lipinski definition) is 1. The minimum absolute atomic E-state index is 0.752. The van der Waals surface area contributed by atoms with E-state index in [4.69, 9.17) is 5.73 Å². The summed E-state index contributed by atoms with van der Waals surface area (Å²) in [6.45, 7) is 0. The van der Waals surface area contributed by atoms with E-state index in [1.165, 1.54) is 193 Å². The minimum Gasteiger partial charge on any atom is -0.399 e. The Morgan fingerprint density at radius 3 is 1.15 bits per heavy atom. The van der Waals surface area contributed by atoms with Crippen LogP contribution >= 0.6 is 34.0 Å². The standard InChI is InChI=1S/C90H53N5S3/c91-57-36-38-58(39-37-57)92-72-22-7-1-15-60(72)67-47-52(31-41-75(67)92)55-34-44-78-70(50-55)71-51-56(35-45-79(71)95(78)82-26-13-21-64-63-18-4-10-27-83(63)97-89(64)82)59-40-46-81(88-66-20-6-12-29-85(66)98-90(59)88)94-74-24-9-3-17-62(74)69-49-54(33-43-77(69)94)53-32-42-76-68(48-53)61-16-2-8-23-73(61)93(76)80-25-14-30-86-87(80)65-19-5-11-28-84(65)96-86/h1-51H,91H2. The van der Waals surface area contributed by atoms with Crippen molar-refractivity contribution in [1.29, 1.82) is 0 Å². The molecule has 0 aliphatic heterocycles. The molecular weight excluding hydrogens is 1250 g/mol. The van der Waals surface area contributed by atoms with Crippen LogP contribution in [0.1, 0.15) is 0 Å². The zero-order valence-corrected chi connectivity index (χ0v) is 55.0. The Morgan fingerprint density at radius 1 is 0.214 bits per heavy atom. The number of benzene rings is 15. The van der Waals surface area contributed by atoms with Gasteiger partial charge in [-0.1, -0.05) is 164 Å². The summed E-state index contributed by atoms with van der Waals surface area (Å²) < 4.78 is 17.6. The molecule has 2 N–H and O–H groups in total. The molecule has 7 aromatic heterocycles. The number of nitrogen functional groups attached to an aromatic ring is 1. The lowest BCUT2D eigenvalue weighted by atomic mass is 9.98. The third-order valence-corrected chi connectivity index (χ3v) is 24.5. The number of thiophene rings is 3. The molecule has 0 saturated heterocycles. The number of fused-ring (bicyclic) bond motifs is 21. The fraction of sp³-hybridized carbons (Fsp3) is 0. The quantitative estimate of drug-likeness (QED) is 0.159. The van der Waals surface area contributed by atoms with Crippen LogP contribution in [0.5, 0.6) is 0 Å². The normalized spacial score (nSPS) is 12.3. The maximum Gasteiger partial charge on any atom is 0.0640 e. The van der Waals surface area contributed by atoms with Crippen molar-refractivity contribution in [2.45, 2.75) is 0 Å². The Balaban J connectivity index is 0.713. The van der Waals surface area contributed by atoms with E-state index in [1.54, 1.807) is 0 Å². The molecule has 98 heavy (non-hydrogen) atoms. The summed E-state index contributed by atoms with van der Waals surface area (Å²) in [5.74, 6) is 0. The van der Waals surface area contributed by atoms with E-state index in [2.05, 4.69) is 316 Å². The van der Waals surface area contributed by atoms with Crippen molar-refractivity contribution >= 4 is 187 Å². The van der Waals surface area contributed by atoms with Gasteiger partial charge >= 0.3 is 0 Å². The van der Waals surface area contributed by atoms with Crippen molar-refractivity contribution in [2.75, 3.05) is 5.73 Å². The van der Waals surface area contributed by atoms with Gasteiger partial charge in [-0.25, -0.2) is 0 Å². The van der Waals surface area contributed by atoms with Crippen LogP contribution < -0.4 is 5.73 Å². The summed E-state index contributed by atoms with van der Waals surface area (Å²) in [5, 5.41) is 17.5. The van der Waals surface area contributed by atoms with Crippen LogP contribution in [-0.2, 0) is 0 Å². The molecule has 0 saturated carbocycles. The predicted molar refractivity (Wildman–Crippen MR) is 423 cm³/mol. The predicted octanol–water partition coefficient (Wildman–Crippen LogP) is 25.8. The molecule has 0 aliphatic carbocycles. The summed E-state index contributed by atoms with van der Waals surface area (Å²) >= 11 is 5.65. The molecule has 0 bridgehead atoms. The van der Waals surface area contributed by atoms with Crippen LogP contribution in [0.2, 0.25) is 0 Å². The molecular formula is C90H53N5S3. The Morgan fingerprint density at radius 2 is 0.582 bits per heavy atom. The Hall–Kier alpha value is -12.0. The number of aromatic nitrogens is 4. The summed E-state index contributed by atoms with van der Waals surface area (Å²) in [6, 6.07) is 115. The van der Waals surface area contributed by atoms with Gasteiger partial charge in [-0.05, 0) is 179 Å². The van der Waals surface area contributed by atoms with Crippen LogP contribution in [0, 0.1) is 0 Å². The topological polar surface area (TPSA) is 45.7 Å². The van der Waals surface area contributed by atoms with E-state index in [1.807, 2.05) is 46.1 Å². The number of rotatable bonds is 7. The van der Waals surface area contributed by atoms with Crippen LogP contribution in [0.4, 0.5) is 5.69 Å². The third-order valence-electron chi connectivity index (χ3n) is 20.9. The average molecular weight is 1300 g/mol. The Labute approximate surface area is 572 Å². The lowest BCUT2D eigenvalue weighted by molar-refractivity contribution is 1.18. The molecule has 0 amide bonds. The van der Waals surface area contributed by atoms with Crippen molar-refractivity contribution in [1.82, 2.24) is 18.3 Å². The molecule has 456 valence electrons. The van der Waals surface area contributed by atoms with Gasteiger partial charge in [-0.3, -0.25) is 0 Å². The first-order valence-electron chi connectivity index (χ1n) is 33.3. The number of nitrogens with two attached hydrogens (primary N) is 1. The molecule has 8 heteroatoms. The Kier molecular flexibility index (Phi) is 11.3. The smallest absolute Gasteiger partial charge is 0.0640 e. The van der Waals surface area contributed by atoms with Crippen molar-refractivity contribution in [3.05, 3.63) is 309 Å². The zero-order chi connectivity index (χ0) is 64.0. The van der Waals surface area contributed by atoms with Gasteiger partial charge in [-0.15, -0.1) is 34.0 Å². The van der Waals surface area contributed by atoms with Crippen molar-refractivity contribution in [3.63, 3.8) is 0 Å². The minimum atomic E-state index is 0.752. The third kappa shape index (κ3) is 7.70. The van der Waals surface area contributed by atoms with E-state index in [-0.39, 0.29) is 0 Å². The summed E-state index contributed by atoms with van der Waals surface area (Å²) in [6.07, 6.45) is 0. The highest BCUT2D eigenvalue weighted by Gasteiger charge is 2.25. The van der Waals surface area contributed by atoms with Crippen molar-refractivity contribution < 1.29 is 0 Å². The summed E-state index contributed by atoms with van der Waals surface area (Å²) in [7, 11) is 0. The molecule has 0 radical (unpaired) electrons. The SMILES string of the molecule is Nc1ccc(-n2c3ccccc3c3cc(-c4ccc5c(c4)c4cc(-c6ccc(-n7c8ccccc8c8cc(-c9ccc%10c(c9)c9ccccc9n%10-c9cccc%10sc%11ccccc%11c9%10)ccc87)c7c6sc6ccccc67)ccc4n5-c4cccc5c4sc4ccccc45)ccc32)cc1. The van der Waals surface area contributed by atoms with Crippen molar-refractivity contribution in [3.8, 4) is 56.1 Å². The molecule has 22 aromatic rings. The summed E-state index contributed by atoms with van der Waals surface area (Å²) in [5.41, 5.74) is 28.2. The van der Waals surface area contributed by atoms with Gasteiger partial charge in [0, 0.05) is 110 Å². The highest BCUT2D eigenvalue weighted by molar-refractivity contribution is 7.27. The van der Waals surface area contributed by atoms with Crippen LogP contribution in [-0.4, -0.2) is 18.3 Å². The van der Waals surface area contributed by atoms with Crippen LogP contribution in [0.3, 0.4) is 0 Å². The first-order valence-corrected chi connectivity index (χ1v) is 35.8. The zero-order valence-electron chi connectivity index (χ0n) is 52.5. The Bertz CT molecular complexity index is 7200. The maximum atomic E-state index is 6.21. The average Bonchev–Trinajstić information content (AvgIpc) is 1.58. The molecule has 0 aliphatic rings. The number of nitrogens with zero attached hydrogens (tertiary/aromatic N) is 4. The molecule has 15 aromatic carbocycles. The van der Waals surface area contributed by atoms with Gasteiger partial charge in [0.25, 0.3) is 0 Å². The largest absolute Gasteiger partial charge is 0.399 e. The van der Waals surface area contributed by atoms with Gasteiger partial charge in [0.2, 0.25) is 0 Å². The highest BCUT2D eigenvalue weighted by Crippen LogP contribution is 2.50. The van der Waals surface area contributed by atoms with E-state index in [0.717, 1.165) is 16.9 Å². The van der Waals surface area contributed by atoms with E-state index < -0.39 is 0 Å². The number of anilines is 1. The molecule has 0 spiro atoms. The fourth-order valence-electron chi connectivity index (χ4n) is 16.6. The number of hydrogen-bond acceptors (Lipinski definition) is 4. The second kappa shape index (κ2) is 20.5. The molecule has 0 unspecified atom stereocenters. The lowest BCUT2D eigenvalue weighted by Crippen LogP contribution is -1.96. The second-order valence-corrected chi connectivity index (χ2v) is 29.3. The second-order valence-electron chi connectivity index (χ2n) is 26.1. The van der Waals surface area contributed by atoms with Crippen molar-refractivity contribution in [2.24, 2.45) is 0 Å². The summed E-state index contributed by atoms with van der Waals surface area (Å²) in [4.78, 5) is 0. The van der Waals surface area contributed by atoms with Crippen LogP contribution in [0.15, 0.2) is 309 Å². The van der Waals surface area contributed by atoms with E-state index >= 15 is 0 Å². The first-order chi connectivity index (χ1) is 48.5. The van der Waals surface area contributed by atoms with Crippen LogP contribution in [0.25, 0.3) is 204 Å². The van der Waals surface area contributed by atoms with Gasteiger partial charge in [0.15, 0.2) is 0 Å². The van der Waals surface area contributed by atoms with E-state index in [9.17, 15) is 0 Å². The molecule has 5 nitrogen and oxygen atoms in total. The maximum absolute atomic E-state index is 6.21. The van der Waals surface area contributed by atoms with Gasteiger partial charge < -0.3 is 24.0 Å².